The van der Waals surface area contributed by atoms with Crippen molar-refractivity contribution < 1.29 is 14.8 Å². The van der Waals surface area contributed by atoms with Gasteiger partial charge >= 0.3 is 5.69 Å². The molecule has 7 nitrogen and oxygen atoms in total. The zero-order chi connectivity index (χ0) is 13.4. The van der Waals surface area contributed by atoms with Crippen LogP contribution in [0.4, 0.5) is 11.5 Å². The molecule has 0 amide bonds. The van der Waals surface area contributed by atoms with E-state index in [9.17, 15) is 10.1 Å². The third kappa shape index (κ3) is 4.82. The first-order valence-corrected chi connectivity index (χ1v) is 5.75. The first-order valence-electron chi connectivity index (χ1n) is 5.37. The molecule has 2 N–H and O–H groups in total. The number of anilines is 1. The number of halogens is 1. The van der Waals surface area contributed by atoms with Crippen molar-refractivity contribution in [1.29, 1.82) is 0 Å². The lowest BCUT2D eigenvalue weighted by atomic mass is 10.3. The van der Waals surface area contributed by atoms with Gasteiger partial charge in [-0.15, -0.1) is 0 Å². The molecule has 0 radical (unpaired) electrons. The first-order chi connectivity index (χ1) is 8.65. The number of aromatic nitrogens is 1. The fourth-order valence-corrected chi connectivity index (χ4v) is 1.40. The number of pyridine rings is 1. The van der Waals surface area contributed by atoms with Crippen LogP contribution in [0, 0.1) is 10.1 Å². The molecule has 18 heavy (non-hydrogen) atoms. The number of hydrogen-bond donors (Lipinski definition) is 2. The van der Waals surface area contributed by atoms with Crippen molar-refractivity contribution in [1.82, 2.24) is 4.98 Å². The number of aliphatic hydroxyl groups is 1. The zero-order valence-electron chi connectivity index (χ0n) is 9.63. The van der Waals surface area contributed by atoms with Gasteiger partial charge in [0.1, 0.15) is 0 Å². The van der Waals surface area contributed by atoms with Gasteiger partial charge in [0, 0.05) is 25.4 Å². The molecule has 0 fully saturated rings. The lowest BCUT2D eigenvalue weighted by molar-refractivity contribution is -0.384. The summed E-state index contributed by atoms with van der Waals surface area (Å²) in [7, 11) is 0. The number of hydrogen-bond acceptors (Lipinski definition) is 6. The van der Waals surface area contributed by atoms with E-state index in [4.69, 9.17) is 21.4 Å². The molecule has 8 heteroatoms. The van der Waals surface area contributed by atoms with Crippen LogP contribution in [0.3, 0.4) is 0 Å². The van der Waals surface area contributed by atoms with Crippen LogP contribution < -0.4 is 5.32 Å². The largest absolute Gasteiger partial charge is 0.394 e. The van der Waals surface area contributed by atoms with Crippen molar-refractivity contribution in [3.8, 4) is 0 Å². The van der Waals surface area contributed by atoms with E-state index >= 15 is 0 Å². The average Bonchev–Trinajstić information content (AvgIpc) is 2.35. The number of aliphatic hydroxyl groups excluding tert-OH is 1. The van der Waals surface area contributed by atoms with E-state index in [1.807, 2.05) is 0 Å². The van der Waals surface area contributed by atoms with Crippen LogP contribution in [-0.4, -0.2) is 41.4 Å². The van der Waals surface area contributed by atoms with Crippen LogP contribution in [0.1, 0.15) is 6.42 Å². The Morgan fingerprint density at radius 3 is 3.00 bits per heavy atom. The van der Waals surface area contributed by atoms with E-state index in [2.05, 4.69) is 10.3 Å². The maximum Gasteiger partial charge on any atom is 0.312 e. The molecule has 0 saturated carbocycles. The predicted molar refractivity (Wildman–Crippen MR) is 66.9 cm³/mol. The molecule has 0 saturated heterocycles. The highest BCUT2D eigenvalue weighted by Crippen LogP contribution is 2.24. The summed E-state index contributed by atoms with van der Waals surface area (Å²) in [6.45, 7) is 1.23. The van der Waals surface area contributed by atoms with Gasteiger partial charge in [-0.3, -0.25) is 10.1 Å². The fraction of sp³-hybridized carbons (Fsp3) is 0.500. The van der Waals surface area contributed by atoms with Gasteiger partial charge in [0.25, 0.3) is 0 Å². The third-order valence-electron chi connectivity index (χ3n) is 2.02. The Morgan fingerprint density at radius 2 is 2.33 bits per heavy atom. The Hall–Kier alpha value is -1.44. The summed E-state index contributed by atoms with van der Waals surface area (Å²) in [5, 5.41) is 22.3. The zero-order valence-corrected chi connectivity index (χ0v) is 10.4. The molecule has 1 aromatic rings. The van der Waals surface area contributed by atoms with Gasteiger partial charge in [0.05, 0.1) is 23.2 Å². The molecule has 1 aromatic heterocycles. The van der Waals surface area contributed by atoms with Gasteiger partial charge in [-0.1, -0.05) is 11.6 Å². The van der Waals surface area contributed by atoms with Gasteiger partial charge in [-0.2, -0.15) is 0 Å². The quantitative estimate of drug-likeness (QED) is 0.423. The standard InChI is InChI=1S/C10H14ClN3O4/c11-8-6-9(14(16)17)10(13-7-8)12-2-1-4-18-5-3-15/h6-7,15H,1-5H2,(H,12,13). The van der Waals surface area contributed by atoms with Crippen molar-refractivity contribution in [2.24, 2.45) is 0 Å². The fourth-order valence-electron chi connectivity index (χ4n) is 1.25. The second-order valence-electron chi connectivity index (χ2n) is 3.39. The SMILES string of the molecule is O=[N+]([O-])c1cc(Cl)cnc1NCCCOCCO. The maximum absolute atomic E-state index is 10.8. The minimum Gasteiger partial charge on any atom is -0.394 e. The van der Waals surface area contributed by atoms with E-state index in [-0.39, 0.29) is 23.1 Å². The molecule has 0 aliphatic rings. The molecule has 0 aromatic carbocycles. The molecule has 0 aliphatic heterocycles. The van der Waals surface area contributed by atoms with Gasteiger partial charge in [-0.25, -0.2) is 4.98 Å². The smallest absolute Gasteiger partial charge is 0.312 e. The molecule has 0 spiro atoms. The summed E-state index contributed by atoms with van der Waals surface area (Å²) in [5.74, 6) is 0.187. The van der Waals surface area contributed by atoms with Crippen LogP contribution >= 0.6 is 11.6 Å². The van der Waals surface area contributed by atoms with E-state index in [1.54, 1.807) is 0 Å². The third-order valence-corrected chi connectivity index (χ3v) is 2.23. The lowest BCUT2D eigenvalue weighted by Gasteiger charge is -2.06. The van der Waals surface area contributed by atoms with Crippen LogP contribution in [0.5, 0.6) is 0 Å². The molecular formula is C10H14ClN3O4. The van der Waals surface area contributed by atoms with Crippen molar-refractivity contribution in [3.63, 3.8) is 0 Å². The van der Waals surface area contributed by atoms with Crippen LogP contribution in [0.15, 0.2) is 12.3 Å². The first kappa shape index (κ1) is 14.6. The lowest BCUT2D eigenvalue weighted by Crippen LogP contribution is -2.09. The normalized spacial score (nSPS) is 10.3. The Morgan fingerprint density at radius 1 is 1.56 bits per heavy atom. The van der Waals surface area contributed by atoms with E-state index < -0.39 is 4.92 Å². The highest BCUT2D eigenvalue weighted by molar-refractivity contribution is 6.30. The van der Waals surface area contributed by atoms with Crippen molar-refractivity contribution in [2.45, 2.75) is 6.42 Å². The molecule has 0 unspecified atom stereocenters. The number of nitrogens with one attached hydrogen (secondary N) is 1. The Kier molecular flexibility index (Phi) is 6.34. The maximum atomic E-state index is 10.8. The Bertz CT molecular complexity index is 403. The topological polar surface area (TPSA) is 97.5 Å². The molecule has 100 valence electrons. The molecule has 1 heterocycles. The highest BCUT2D eigenvalue weighted by atomic mass is 35.5. The molecular weight excluding hydrogens is 262 g/mol. The predicted octanol–water partition coefficient (Wildman–Crippen LogP) is 1.45. The second kappa shape index (κ2) is 7.80. The van der Waals surface area contributed by atoms with Gasteiger partial charge in [0.15, 0.2) is 0 Å². The molecule has 1 rings (SSSR count). The van der Waals surface area contributed by atoms with E-state index in [0.717, 1.165) is 0 Å². The van der Waals surface area contributed by atoms with Crippen molar-refractivity contribution >= 4 is 23.1 Å². The minimum atomic E-state index is -0.538. The summed E-state index contributed by atoms with van der Waals surface area (Å²) in [5.41, 5.74) is -0.154. The number of nitrogens with zero attached hydrogens (tertiary/aromatic N) is 2. The summed E-state index contributed by atoms with van der Waals surface area (Å²) >= 11 is 5.64. The van der Waals surface area contributed by atoms with E-state index in [1.165, 1.54) is 12.3 Å². The van der Waals surface area contributed by atoms with Crippen molar-refractivity contribution in [2.75, 3.05) is 31.7 Å². The minimum absolute atomic E-state index is 0.0162. The highest BCUT2D eigenvalue weighted by Gasteiger charge is 2.15. The summed E-state index contributed by atoms with van der Waals surface area (Å²) in [6.07, 6.45) is 2.00. The summed E-state index contributed by atoms with van der Waals surface area (Å²) < 4.78 is 5.05. The summed E-state index contributed by atoms with van der Waals surface area (Å²) in [6, 6.07) is 1.25. The van der Waals surface area contributed by atoms with Crippen LogP contribution in [0.2, 0.25) is 5.02 Å². The summed E-state index contributed by atoms with van der Waals surface area (Å²) in [4.78, 5) is 14.1. The van der Waals surface area contributed by atoms with Crippen LogP contribution in [0.25, 0.3) is 0 Å². The monoisotopic (exact) mass is 275 g/mol. The second-order valence-corrected chi connectivity index (χ2v) is 3.83. The Balaban J connectivity index is 2.44. The number of rotatable bonds is 8. The number of nitro groups is 1. The van der Waals surface area contributed by atoms with Gasteiger partial charge in [-0.05, 0) is 6.42 Å². The van der Waals surface area contributed by atoms with Gasteiger partial charge < -0.3 is 15.2 Å². The number of ether oxygens (including phenoxy) is 1. The van der Waals surface area contributed by atoms with Crippen LogP contribution in [-0.2, 0) is 4.74 Å². The van der Waals surface area contributed by atoms with Crippen molar-refractivity contribution in [3.05, 3.63) is 27.4 Å². The molecule has 0 aliphatic carbocycles. The average molecular weight is 276 g/mol. The molecule has 0 bridgehead atoms. The molecule has 0 atom stereocenters. The Labute approximate surface area is 109 Å². The van der Waals surface area contributed by atoms with E-state index in [0.29, 0.717) is 26.2 Å². The van der Waals surface area contributed by atoms with Gasteiger partial charge in [0.2, 0.25) is 5.82 Å².